The Morgan fingerprint density at radius 3 is 2.78 bits per heavy atom. The van der Waals surface area contributed by atoms with E-state index in [2.05, 4.69) is 29.8 Å². The molecule has 0 saturated heterocycles. The number of hydrogen-bond acceptors (Lipinski definition) is 3. The zero-order chi connectivity index (χ0) is 13.0. The molecule has 18 heavy (non-hydrogen) atoms. The first-order valence-electron chi connectivity index (χ1n) is 6.66. The molecule has 2 rings (SSSR count). The molecule has 1 aromatic rings. The van der Waals surface area contributed by atoms with Crippen LogP contribution >= 0.6 is 11.3 Å². The van der Waals surface area contributed by atoms with Gasteiger partial charge < -0.3 is 10.4 Å². The van der Waals surface area contributed by atoms with Gasteiger partial charge in [-0.1, -0.05) is 6.07 Å². The second-order valence-electron chi connectivity index (χ2n) is 5.20. The fourth-order valence-corrected chi connectivity index (χ4v) is 3.35. The third kappa shape index (κ3) is 3.56. The van der Waals surface area contributed by atoms with E-state index in [9.17, 15) is 4.79 Å². The van der Waals surface area contributed by atoms with Crippen molar-refractivity contribution in [1.82, 2.24) is 5.32 Å². The number of carboxylic acids is 1. The van der Waals surface area contributed by atoms with Crippen LogP contribution < -0.4 is 5.32 Å². The minimum Gasteiger partial charge on any atom is -0.481 e. The van der Waals surface area contributed by atoms with Crippen LogP contribution in [0.1, 0.15) is 43.5 Å². The highest BCUT2D eigenvalue weighted by molar-refractivity contribution is 7.10. The summed E-state index contributed by atoms with van der Waals surface area (Å²) in [5.74, 6) is -0.0765. The largest absolute Gasteiger partial charge is 0.481 e. The molecule has 0 amide bonds. The van der Waals surface area contributed by atoms with Crippen molar-refractivity contribution in [2.75, 3.05) is 6.54 Å². The lowest BCUT2D eigenvalue weighted by Gasteiger charge is -2.27. The topological polar surface area (TPSA) is 49.3 Å². The Balaban J connectivity index is 1.71. The third-order valence-corrected chi connectivity index (χ3v) is 4.93. The molecule has 4 heteroatoms. The Labute approximate surface area is 112 Å². The standard InChI is InChI=1S/C14H21NO2S/c1-10(13-3-2-8-18-13)15-9-11-4-6-12(7-5-11)14(16)17/h2-3,8,10-12,15H,4-7,9H2,1H3,(H,16,17). The molecule has 1 aliphatic carbocycles. The van der Waals surface area contributed by atoms with E-state index >= 15 is 0 Å². The van der Waals surface area contributed by atoms with Crippen molar-refractivity contribution in [2.24, 2.45) is 11.8 Å². The van der Waals surface area contributed by atoms with Crippen LogP contribution in [0.2, 0.25) is 0 Å². The maximum absolute atomic E-state index is 10.9. The molecule has 1 aliphatic rings. The average molecular weight is 267 g/mol. The molecule has 0 aliphatic heterocycles. The molecule has 1 saturated carbocycles. The van der Waals surface area contributed by atoms with Crippen molar-refractivity contribution in [3.63, 3.8) is 0 Å². The van der Waals surface area contributed by atoms with E-state index in [0.29, 0.717) is 12.0 Å². The van der Waals surface area contributed by atoms with Crippen molar-refractivity contribution in [3.8, 4) is 0 Å². The van der Waals surface area contributed by atoms with Crippen molar-refractivity contribution >= 4 is 17.3 Å². The van der Waals surface area contributed by atoms with Crippen LogP contribution in [-0.4, -0.2) is 17.6 Å². The number of rotatable bonds is 5. The molecule has 3 nitrogen and oxygen atoms in total. The third-order valence-electron chi connectivity index (χ3n) is 3.88. The van der Waals surface area contributed by atoms with E-state index in [1.54, 1.807) is 11.3 Å². The quantitative estimate of drug-likeness (QED) is 0.860. The molecule has 0 radical (unpaired) electrons. The van der Waals surface area contributed by atoms with Crippen LogP contribution in [0, 0.1) is 11.8 Å². The van der Waals surface area contributed by atoms with E-state index in [1.165, 1.54) is 4.88 Å². The first-order valence-corrected chi connectivity index (χ1v) is 7.54. The molecule has 1 atom stereocenters. The Kier molecular flexibility index (Phi) is 4.78. The second-order valence-corrected chi connectivity index (χ2v) is 6.18. The zero-order valence-corrected chi connectivity index (χ0v) is 11.6. The van der Waals surface area contributed by atoms with Crippen LogP contribution in [0.25, 0.3) is 0 Å². The summed E-state index contributed by atoms with van der Waals surface area (Å²) >= 11 is 1.78. The molecular formula is C14H21NO2S. The number of carbonyl (C=O) groups is 1. The predicted octanol–water partition coefficient (Wildman–Crippen LogP) is 3.29. The molecule has 0 aromatic carbocycles. The van der Waals surface area contributed by atoms with Gasteiger partial charge in [-0.05, 0) is 56.5 Å². The average Bonchev–Trinajstić information content (AvgIpc) is 2.90. The van der Waals surface area contributed by atoms with E-state index in [4.69, 9.17) is 5.11 Å². The SMILES string of the molecule is CC(NCC1CCC(C(=O)O)CC1)c1cccs1. The van der Waals surface area contributed by atoms with Gasteiger partial charge in [-0.2, -0.15) is 0 Å². The first-order chi connectivity index (χ1) is 8.66. The lowest BCUT2D eigenvalue weighted by Crippen LogP contribution is -2.30. The smallest absolute Gasteiger partial charge is 0.306 e. The molecule has 1 heterocycles. The molecule has 100 valence electrons. The molecule has 0 spiro atoms. The van der Waals surface area contributed by atoms with Gasteiger partial charge in [-0.3, -0.25) is 4.79 Å². The van der Waals surface area contributed by atoms with Crippen molar-refractivity contribution in [2.45, 2.75) is 38.6 Å². The Morgan fingerprint density at radius 1 is 1.50 bits per heavy atom. The minimum absolute atomic E-state index is 0.101. The summed E-state index contributed by atoms with van der Waals surface area (Å²) in [4.78, 5) is 12.2. The molecule has 0 bridgehead atoms. The minimum atomic E-state index is -0.617. The van der Waals surface area contributed by atoms with Gasteiger partial charge in [0.1, 0.15) is 0 Å². The number of carboxylic acid groups (broad SMARTS) is 1. The monoisotopic (exact) mass is 267 g/mol. The molecule has 1 aromatic heterocycles. The van der Waals surface area contributed by atoms with Gasteiger partial charge in [-0.25, -0.2) is 0 Å². The summed E-state index contributed by atoms with van der Waals surface area (Å²) in [6, 6.07) is 4.64. The number of thiophene rings is 1. The highest BCUT2D eigenvalue weighted by atomic mass is 32.1. The fraction of sp³-hybridized carbons (Fsp3) is 0.643. The van der Waals surface area contributed by atoms with Crippen molar-refractivity contribution < 1.29 is 9.90 Å². The molecule has 1 unspecified atom stereocenters. The van der Waals surface area contributed by atoms with Crippen molar-refractivity contribution in [3.05, 3.63) is 22.4 Å². The van der Waals surface area contributed by atoms with E-state index in [0.717, 1.165) is 32.2 Å². The Bertz CT molecular complexity index is 369. The second kappa shape index (κ2) is 6.34. The van der Waals surface area contributed by atoms with E-state index in [-0.39, 0.29) is 5.92 Å². The Hall–Kier alpha value is -0.870. The van der Waals surface area contributed by atoms with Crippen LogP contribution in [0.15, 0.2) is 17.5 Å². The van der Waals surface area contributed by atoms with Gasteiger partial charge in [0.2, 0.25) is 0 Å². The van der Waals surface area contributed by atoms with E-state index < -0.39 is 5.97 Å². The van der Waals surface area contributed by atoms with Gasteiger partial charge in [0.25, 0.3) is 0 Å². The fourth-order valence-electron chi connectivity index (χ4n) is 2.60. The van der Waals surface area contributed by atoms with Gasteiger partial charge in [0.15, 0.2) is 0 Å². The normalized spacial score (nSPS) is 25.8. The lowest BCUT2D eigenvalue weighted by molar-refractivity contribution is -0.143. The highest BCUT2D eigenvalue weighted by Gasteiger charge is 2.25. The number of nitrogens with one attached hydrogen (secondary N) is 1. The predicted molar refractivity (Wildman–Crippen MR) is 73.8 cm³/mol. The van der Waals surface area contributed by atoms with Crippen LogP contribution in [0.3, 0.4) is 0 Å². The van der Waals surface area contributed by atoms with Gasteiger partial charge in [-0.15, -0.1) is 11.3 Å². The zero-order valence-electron chi connectivity index (χ0n) is 10.8. The van der Waals surface area contributed by atoms with Gasteiger partial charge in [0.05, 0.1) is 5.92 Å². The molecular weight excluding hydrogens is 246 g/mol. The summed E-state index contributed by atoms with van der Waals surface area (Å²) in [5, 5.41) is 14.6. The summed E-state index contributed by atoms with van der Waals surface area (Å²) in [7, 11) is 0. The van der Waals surface area contributed by atoms with Gasteiger partial charge in [0, 0.05) is 10.9 Å². The van der Waals surface area contributed by atoms with E-state index in [1.807, 2.05) is 0 Å². The molecule has 2 N–H and O–H groups in total. The van der Waals surface area contributed by atoms with Crippen molar-refractivity contribution in [1.29, 1.82) is 0 Å². The maximum atomic E-state index is 10.9. The van der Waals surface area contributed by atoms with Crippen LogP contribution in [0.4, 0.5) is 0 Å². The summed E-state index contributed by atoms with van der Waals surface area (Å²) < 4.78 is 0. The maximum Gasteiger partial charge on any atom is 0.306 e. The molecule has 1 fully saturated rings. The number of aliphatic carboxylic acids is 1. The summed E-state index contributed by atoms with van der Waals surface area (Å²) in [6.07, 6.45) is 3.77. The lowest BCUT2D eigenvalue weighted by atomic mass is 9.82. The first kappa shape index (κ1) is 13.6. The summed E-state index contributed by atoms with van der Waals surface area (Å²) in [5.41, 5.74) is 0. The Morgan fingerprint density at radius 2 is 2.22 bits per heavy atom. The highest BCUT2D eigenvalue weighted by Crippen LogP contribution is 2.29. The number of hydrogen-bond donors (Lipinski definition) is 2. The summed E-state index contributed by atoms with van der Waals surface area (Å²) in [6.45, 7) is 3.19. The van der Waals surface area contributed by atoms with Crippen LogP contribution in [0.5, 0.6) is 0 Å². The van der Waals surface area contributed by atoms with Gasteiger partial charge >= 0.3 is 5.97 Å². The van der Waals surface area contributed by atoms with Crippen LogP contribution in [-0.2, 0) is 4.79 Å².